The van der Waals surface area contributed by atoms with Gasteiger partial charge in [-0.2, -0.15) is 0 Å². The van der Waals surface area contributed by atoms with Crippen LogP contribution in [-0.4, -0.2) is 23.3 Å². The van der Waals surface area contributed by atoms with E-state index in [1.807, 2.05) is 0 Å². The SMILES string of the molecule is CC1CCN2C3=CC=CCC3N=C12. The highest BCUT2D eigenvalue weighted by molar-refractivity contribution is 5.90. The van der Waals surface area contributed by atoms with Gasteiger partial charge in [-0.25, -0.2) is 0 Å². The van der Waals surface area contributed by atoms with Crippen LogP contribution in [0.2, 0.25) is 0 Å². The number of fused-ring (bicyclic) bond motifs is 3. The average molecular weight is 174 g/mol. The van der Waals surface area contributed by atoms with Crippen molar-refractivity contribution in [1.82, 2.24) is 4.90 Å². The monoisotopic (exact) mass is 174 g/mol. The maximum absolute atomic E-state index is 4.78. The van der Waals surface area contributed by atoms with Crippen molar-refractivity contribution in [3.8, 4) is 0 Å². The van der Waals surface area contributed by atoms with Gasteiger partial charge in [-0.1, -0.05) is 19.1 Å². The lowest BCUT2D eigenvalue weighted by Crippen LogP contribution is -2.23. The molecular weight excluding hydrogens is 160 g/mol. The summed E-state index contributed by atoms with van der Waals surface area (Å²) in [5.41, 5.74) is 1.43. The highest BCUT2D eigenvalue weighted by atomic mass is 15.3. The van der Waals surface area contributed by atoms with E-state index in [1.165, 1.54) is 24.5 Å². The van der Waals surface area contributed by atoms with E-state index in [4.69, 9.17) is 4.99 Å². The number of hydrogen-bond acceptors (Lipinski definition) is 2. The van der Waals surface area contributed by atoms with Gasteiger partial charge in [-0.3, -0.25) is 4.99 Å². The molecule has 1 fully saturated rings. The maximum atomic E-state index is 4.78. The second-order valence-electron chi connectivity index (χ2n) is 4.10. The van der Waals surface area contributed by atoms with Crippen LogP contribution in [0.25, 0.3) is 0 Å². The highest BCUT2D eigenvalue weighted by Gasteiger charge is 2.37. The first-order valence-electron chi connectivity index (χ1n) is 5.08. The molecule has 2 heteroatoms. The van der Waals surface area contributed by atoms with Crippen molar-refractivity contribution in [3.05, 3.63) is 23.9 Å². The topological polar surface area (TPSA) is 15.6 Å². The van der Waals surface area contributed by atoms with Crippen LogP contribution in [0, 0.1) is 5.92 Å². The zero-order valence-corrected chi connectivity index (χ0v) is 7.90. The van der Waals surface area contributed by atoms with Crippen LogP contribution in [-0.2, 0) is 0 Å². The van der Waals surface area contributed by atoms with E-state index in [0.29, 0.717) is 12.0 Å². The summed E-state index contributed by atoms with van der Waals surface area (Å²) in [6, 6.07) is 0.447. The Balaban J connectivity index is 2.01. The van der Waals surface area contributed by atoms with Gasteiger partial charge >= 0.3 is 0 Å². The highest BCUT2D eigenvalue weighted by Crippen LogP contribution is 2.34. The van der Waals surface area contributed by atoms with Gasteiger partial charge in [-0.05, 0) is 18.9 Å². The van der Waals surface area contributed by atoms with Gasteiger partial charge in [0.15, 0.2) is 0 Å². The van der Waals surface area contributed by atoms with E-state index in [9.17, 15) is 0 Å². The minimum atomic E-state index is 0.447. The summed E-state index contributed by atoms with van der Waals surface area (Å²) in [4.78, 5) is 7.19. The van der Waals surface area contributed by atoms with Crippen molar-refractivity contribution in [2.45, 2.75) is 25.8 Å². The zero-order chi connectivity index (χ0) is 8.84. The molecule has 0 amide bonds. The van der Waals surface area contributed by atoms with E-state index >= 15 is 0 Å². The fraction of sp³-hybridized carbons (Fsp3) is 0.545. The van der Waals surface area contributed by atoms with Crippen LogP contribution in [0.1, 0.15) is 19.8 Å². The first kappa shape index (κ1) is 7.36. The molecule has 0 saturated carbocycles. The van der Waals surface area contributed by atoms with Gasteiger partial charge in [0.1, 0.15) is 5.84 Å². The minimum Gasteiger partial charge on any atom is -0.331 e. The summed E-state index contributed by atoms with van der Waals surface area (Å²) in [7, 11) is 0. The van der Waals surface area contributed by atoms with Crippen molar-refractivity contribution in [1.29, 1.82) is 0 Å². The van der Waals surface area contributed by atoms with Gasteiger partial charge in [-0.15, -0.1) is 0 Å². The molecule has 13 heavy (non-hydrogen) atoms. The molecule has 0 spiro atoms. The Kier molecular flexibility index (Phi) is 1.40. The average Bonchev–Trinajstić information content (AvgIpc) is 2.67. The molecule has 0 aromatic heterocycles. The Morgan fingerprint density at radius 2 is 2.46 bits per heavy atom. The van der Waals surface area contributed by atoms with Crippen molar-refractivity contribution in [2.75, 3.05) is 6.54 Å². The summed E-state index contributed by atoms with van der Waals surface area (Å²) in [6.45, 7) is 3.46. The molecule has 68 valence electrons. The van der Waals surface area contributed by atoms with Crippen LogP contribution in [0.5, 0.6) is 0 Å². The molecule has 0 aromatic rings. The first-order valence-corrected chi connectivity index (χ1v) is 5.08. The molecule has 1 aliphatic carbocycles. The summed E-state index contributed by atoms with van der Waals surface area (Å²) >= 11 is 0. The molecule has 1 saturated heterocycles. The van der Waals surface area contributed by atoms with Gasteiger partial charge < -0.3 is 4.90 Å². The molecule has 2 atom stereocenters. The molecular formula is C11H14N2. The zero-order valence-electron chi connectivity index (χ0n) is 7.90. The Morgan fingerprint density at radius 1 is 1.54 bits per heavy atom. The molecule has 2 aliphatic heterocycles. The number of amidine groups is 1. The van der Waals surface area contributed by atoms with Gasteiger partial charge in [0.2, 0.25) is 0 Å². The molecule has 2 heterocycles. The Morgan fingerprint density at radius 3 is 3.38 bits per heavy atom. The lowest BCUT2D eigenvalue weighted by atomic mass is 10.1. The molecule has 0 radical (unpaired) electrons. The number of aliphatic imine (C=N–C) groups is 1. The van der Waals surface area contributed by atoms with E-state index in [2.05, 4.69) is 30.1 Å². The van der Waals surface area contributed by atoms with Crippen LogP contribution in [0.3, 0.4) is 0 Å². The predicted molar refractivity (Wildman–Crippen MR) is 53.6 cm³/mol. The normalized spacial score (nSPS) is 35.6. The van der Waals surface area contributed by atoms with E-state index in [-0.39, 0.29) is 0 Å². The molecule has 2 unspecified atom stereocenters. The lowest BCUT2D eigenvalue weighted by molar-refractivity contribution is 0.530. The third-order valence-corrected chi connectivity index (χ3v) is 3.21. The third-order valence-electron chi connectivity index (χ3n) is 3.21. The van der Waals surface area contributed by atoms with Crippen molar-refractivity contribution in [2.24, 2.45) is 10.9 Å². The summed E-state index contributed by atoms with van der Waals surface area (Å²) < 4.78 is 0. The van der Waals surface area contributed by atoms with E-state index in [1.54, 1.807) is 0 Å². The molecule has 3 aliphatic rings. The van der Waals surface area contributed by atoms with Crippen molar-refractivity contribution < 1.29 is 0 Å². The number of rotatable bonds is 0. The van der Waals surface area contributed by atoms with E-state index < -0.39 is 0 Å². The number of allylic oxidation sites excluding steroid dienone is 2. The molecule has 0 bridgehead atoms. The largest absolute Gasteiger partial charge is 0.331 e. The van der Waals surface area contributed by atoms with Gasteiger partial charge in [0.25, 0.3) is 0 Å². The molecule has 2 nitrogen and oxygen atoms in total. The van der Waals surface area contributed by atoms with Crippen molar-refractivity contribution in [3.63, 3.8) is 0 Å². The first-order chi connectivity index (χ1) is 6.36. The maximum Gasteiger partial charge on any atom is 0.107 e. The van der Waals surface area contributed by atoms with Gasteiger partial charge in [0.05, 0.1) is 6.04 Å². The Labute approximate surface area is 78.6 Å². The van der Waals surface area contributed by atoms with Crippen molar-refractivity contribution >= 4 is 5.84 Å². The Hall–Kier alpha value is -1.05. The molecule has 3 rings (SSSR count). The van der Waals surface area contributed by atoms with E-state index in [0.717, 1.165) is 6.42 Å². The number of nitrogens with zero attached hydrogens (tertiary/aromatic N) is 2. The summed E-state index contributed by atoms with van der Waals surface area (Å²) in [5.74, 6) is 2.01. The molecule has 0 aromatic carbocycles. The number of hydrogen-bond donors (Lipinski definition) is 0. The van der Waals surface area contributed by atoms with Gasteiger partial charge in [0, 0.05) is 18.2 Å². The minimum absolute atomic E-state index is 0.447. The fourth-order valence-corrected chi connectivity index (χ4v) is 2.45. The quantitative estimate of drug-likeness (QED) is 0.548. The summed E-state index contributed by atoms with van der Waals surface area (Å²) in [5, 5.41) is 0. The molecule has 0 N–H and O–H groups in total. The van der Waals surface area contributed by atoms with Crippen LogP contribution in [0.15, 0.2) is 28.9 Å². The fourth-order valence-electron chi connectivity index (χ4n) is 2.45. The second-order valence-corrected chi connectivity index (χ2v) is 4.10. The smallest absolute Gasteiger partial charge is 0.107 e. The van der Waals surface area contributed by atoms with Crippen LogP contribution < -0.4 is 0 Å². The third kappa shape index (κ3) is 0.916. The predicted octanol–water partition coefficient (Wildman–Crippen LogP) is 1.95. The standard InChI is InChI=1S/C11H14N2/c1-8-6-7-13-10-5-3-2-4-9(10)12-11(8)13/h2-3,5,8-9H,4,6-7H2,1H3. The Bertz CT molecular complexity index is 325. The van der Waals surface area contributed by atoms with Crippen LogP contribution >= 0.6 is 0 Å². The second kappa shape index (κ2) is 2.47. The van der Waals surface area contributed by atoms with Crippen LogP contribution in [0.4, 0.5) is 0 Å². The summed E-state index contributed by atoms with van der Waals surface area (Å²) in [6.07, 6.45) is 8.96. The lowest BCUT2D eigenvalue weighted by Gasteiger charge is -2.19.